The molecule has 0 spiro atoms. The number of nitrogens with one attached hydrogen (secondary N) is 3. The Morgan fingerprint density at radius 1 is 1.00 bits per heavy atom. The fraction of sp³-hybridized carbons (Fsp3) is 0.368. The summed E-state index contributed by atoms with van der Waals surface area (Å²) >= 11 is 7.48. The van der Waals surface area contributed by atoms with Gasteiger partial charge in [-0.25, -0.2) is 13.1 Å². The molecule has 2 aromatic rings. The molecule has 0 saturated carbocycles. The van der Waals surface area contributed by atoms with Gasteiger partial charge in [0.15, 0.2) is 0 Å². The van der Waals surface area contributed by atoms with Crippen LogP contribution in [-0.4, -0.2) is 27.3 Å². The lowest BCUT2D eigenvalue weighted by molar-refractivity contribution is 0.0849. The first-order chi connectivity index (χ1) is 13.8. The Kier molecular flexibility index (Phi) is 6.94. The highest BCUT2D eigenvalue weighted by atomic mass is 35.5. The molecule has 2 amide bonds. The van der Waals surface area contributed by atoms with Crippen molar-refractivity contribution in [1.82, 2.24) is 15.6 Å². The largest absolute Gasteiger partial charge is 0.279 e. The third-order valence-electron chi connectivity index (χ3n) is 4.77. The van der Waals surface area contributed by atoms with Gasteiger partial charge in [-0.1, -0.05) is 24.4 Å². The summed E-state index contributed by atoms with van der Waals surface area (Å²) in [6.07, 6.45) is 6.59. The number of hydrazine groups is 1. The van der Waals surface area contributed by atoms with Gasteiger partial charge in [0.05, 0.1) is 20.4 Å². The van der Waals surface area contributed by atoms with Crippen LogP contribution in [0.4, 0.5) is 0 Å². The lowest BCUT2D eigenvalue weighted by Crippen LogP contribution is -2.41. The minimum Gasteiger partial charge on any atom is -0.267 e. The molecule has 1 aromatic heterocycles. The van der Waals surface area contributed by atoms with Crippen molar-refractivity contribution in [2.45, 2.75) is 43.4 Å². The molecule has 3 rings (SSSR count). The average molecular weight is 456 g/mol. The van der Waals surface area contributed by atoms with Crippen molar-refractivity contribution < 1.29 is 18.0 Å². The third-order valence-corrected chi connectivity index (χ3v) is 7.75. The van der Waals surface area contributed by atoms with E-state index in [0.717, 1.165) is 31.7 Å². The van der Waals surface area contributed by atoms with Gasteiger partial charge in [0, 0.05) is 4.88 Å². The number of amides is 2. The van der Waals surface area contributed by atoms with Gasteiger partial charge >= 0.3 is 0 Å². The molecular weight excluding hydrogens is 434 g/mol. The van der Waals surface area contributed by atoms with Gasteiger partial charge in [-0.3, -0.25) is 20.4 Å². The number of carbonyl (C=O) groups is 2. The number of halogens is 1. The summed E-state index contributed by atoms with van der Waals surface area (Å²) < 4.78 is 26.0. The Hall–Kier alpha value is -1.94. The molecule has 1 aromatic carbocycles. The zero-order valence-corrected chi connectivity index (χ0v) is 18.3. The fourth-order valence-corrected chi connectivity index (χ4v) is 5.27. The first kappa shape index (κ1) is 21.8. The van der Waals surface area contributed by atoms with Gasteiger partial charge in [0.1, 0.15) is 0 Å². The molecule has 0 unspecified atom stereocenters. The molecule has 29 heavy (non-hydrogen) atoms. The van der Waals surface area contributed by atoms with Crippen molar-refractivity contribution in [2.75, 3.05) is 7.05 Å². The monoisotopic (exact) mass is 455 g/mol. The first-order valence-electron chi connectivity index (χ1n) is 9.27. The Bertz CT molecular complexity index is 1010. The number of hydrogen-bond acceptors (Lipinski definition) is 5. The highest BCUT2D eigenvalue weighted by molar-refractivity contribution is 7.89. The van der Waals surface area contributed by atoms with Gasteiger partial charge in [-0.2, -0.15) is 0 Å². The summed E-state index contributed by atoms with van der Waals surface area (Å²) in [6, 6.07) is 5.67. The Morgan fingerprint density at radius 3 is 2.41 bits per heavy atom. The highest BCUT2D eigenvalue weighted by Gasteiger charge is 2.19. The van der Waals surface area contributed by atoms with Crippen LogP contribution in [0.2, 0.25) is 5.02 Å². The predicted octanol–water partition coefficient (Wildman–Crippen LogP) is 3.04. The molecule has 156 valence electrons. The Labute approximate surface area is 178 Å². The minimum atomic E-state index is -3.73. The lowest BCUT2D eigenvalue weighted by Gasteiger charge is -2.09. The van der Waals surface area contributed by atoms with Gasteiger partial charge in [0.2, 0.25) is 10.0 Å². The molecule has 7 nitrogen and oxygen atoms in total. The first-order valence-corrected chi connectivity index (χ1v) is 11.9. The summed E-state index contributed by atoms with van der Waals surface area (Å²) in [4.78, 5) is 26.6. The van der Waals surface area contributed by atoms with Crippen LogP contribution in [-0.2, 0) is 22.9 Å². The molecule has 3 N–H and O–H groups in total. The van der Waals surface area contributed by atoms with Crippen LogP contribution >= 0.6 is 22.9 Å². The average Bonchev–Trinajstić information content (AvgIpc) is 3.08. The molecular formula is C19H22ClN3O4S2. The maximum atomic E-state index is 12.5. The number of carbonyl (C=O) groups excluding carboxylic acids is 2. The van der Waals surface area contributed by atoms with Crippen LogP contribution in [0.15, 0.2) is 29.2 Å². The molecule has 10 heteroatoms. The number of rotatable bonds is 4. The maximum absolute atomic E-state index is 12.5. The number of aryl methyl sites for hydroxylation is 2. The number of fused-ring (bicyclic) bond motifs is 1. The standard InChI is InChI=1S/C19H22ClN3O4S2/c1-21-29(26,27)13-8-9-15(20)14(11-13)18(24)22-23-19(25)17-10-12-6-4-2-3-5-7-16(12)28-17/h8-11,21H,2-7H2,1H3,(H,22,24)(H,23,25). The lowest BCUT2D eigenvalue weighted by atomic mass is 10.00. The summed E-state index contributed by atoms with van der Waals surface area (Å²) in [5.74, 6) is -1.11. The van der Waals surface area contributed by atoms with Gasteiger partial charge in [-0.05, 0) is 62.6 Å². The second-order valence-electron chi connectivity index (χ2n) is 6.73. The van der Waals surface area contributed by atoms with Gasteiger partial charge in [0.25, 0.3) is 11.8 Å². The van der Waals surface area contributed by atoms with Crippen molar-refractivity contribution in [3.63, 3.8) is 0 Å². The molecule has 0 radical (unpaired) electrons. The van der Waals surface area contributed by atoms with E-state index in [-0.39, 0.29) is 15.5 Å². The number of hydrogen-bond donors (Lipinski definition) is 3. The second kappa shape index (κ2) is 9.25. The summed E-state index contributed by atoms with van der Waals surface area (Å²) in [7, 11) is -2.46. The van der Waals surface area contributed by atoms with E-state index >= 15 is 0 Å². The van der Waals surface area contributed by atoms with Crippen LogP contribution < -0.4 is 15.6 Å². The van der Waals surface area contributed by atoms with Crippen molar-refractivity contribution in [3.05, 3.63) is 50.2 Å². The quantitative estimate of drug-likeness (QED) is 0.616. The third kappa shape index (κ3) is 5.16. The zero-order valence-electron chi connectivity index (χ0n) is 15.9. The highest BCUT2D eigenvalue weighted by Crippen LogP contribution is 2.28. The van der Waals surface area contributed by atoms with Crippen LogP contribution in [0.5, 0.6) is 0 Å². The molecule has 1 aliphatic rings. The number of benzene rings is 1. The zero-order chi connectivity index (χ0) is 21.0. The number of sulfonamides is 1. The molecule has 1 heterocycles. The fourth-order valence-electron chi connectivity index (χ4n) is 3.16. The Balaban J connectivity index is 1.70. The van der Waals surface area contributed by atoms with E-state index in [1.165, 1.54) is 53.8 Å². The molecule has 0 atom stereocenters. The molecule has 0 bridgehead atoms. The summed E-state index contributed by atoms with van der Waals surface area (Å²) in [5.41, 5.74) is 5.85. The molecule has 0 fully saturated rings. The smallest absolute Gasteiger partial charge is 0.267 e. The van der Waals surface area contributed by atoms with E-state index in [1.807, 2.05) is 6.07 Å². The van der Waals surface area contributed by atoms with E-state index in [0.29, 0.717) is 4.88 Å². The van der Waals surface area contributed by atoms with E-state index in [9.17, 15) is 18.0 Å². The second-order valence-corrected chi connectivity index (χ2v) is 10.2. The van der Waals surface area contributed by atoms with E-state index in [2.05, 4.69) is 15.6 Å². The minimum absolute atomic E-state index is 0.0539. The van der Waals surface area contributed by atoms with Crippen LogP contribution in [0, 0.1) is 0 Å². The van der Waals surface area contributed by atoms with Crippen molar-refractivity contribution in [2.24, 2.45) is 0 Å². The van der Waals surface area contributed by atoms with Crippen LogP contribution in [0.3, 0.4) is 0 Å². The van der Waals surface area contributed by atoms with Gasteiger partial charge in [-0.15, -0.1) is 11.3 Å². The molecule has 0 aliphatic heterocycles. The summed E-state index contributed by atoms with van der Waals surface area (Å²) in [6.45, 7) is 0. The normalized spacial score (nSPS) is 14.4. The maximum Gasteiger partial charge on any atom is 0.279 e. The van der Waals surface area contributed by atoms with Gasteiger partial charge < -0.3 is 0 Å². The van der Waals surface area contributed by atoms with E-state index in [1.54, 1.807) is 0 Å². The summed E-state index contributed by atoms with van der Waals surface area (Å²) in [5, 5.41) is 0.0749. The van der Waals surface area contributed by atoms with Crippen LogP contribution in [0.25, 0.3) is 0 Å². The van der Waals surface area contributed by atoms with Crippen molar-refractivity contribution in [1.29, 1.82) is 0 Å². The van der Waals surface area contributed by atoms with E-state index in [4.69, 9.17) is 11.6 Å². The number of thiophene rings is 1. The SMILES string of the molecule is CNS(=O)(=O)c1ccc(Cl)c(C(=O)NNC(=O)c2cc3c(s2)CCCCCC3)c1. The topological polar surface area (TPSA) is 104 Å². The Morgan fingerprint density at radius 2 is 1.69 bits per heavy atom. The predicted molar refractivity (Wildman–Crippen MR) is 113 cm³/mol. The van der Waals surface area contributed by atoms with Crippen LogP contribution in [0.1, 0.15) is 56.2 Å². The van der Waals surface area contributed by atoms with Crippen molar-refractivity contribution in [3.8, 4) is 0 Å². The van der Waals surface area contributed by atoms with E-state index < -0.39 is 21.8 Å². The van der Waals surface area contributed by atoms with Crippen molar-refractivity contribution >= 4 is 44.8 Å². The molecule has 1 aliphatic carbocycles. The molecule has 0 saturated heterocycles.